The molecule has 3 atom stereocenters. The van der Waals surface area contributed by atoms with Gasteiger partial charge in [0.1, 0.15) is 0 Å². The molecule has 0 spiro atoms. The molecule has 0 amide bonds. The summed E-state index contributed by atoms with van der Waals surface area (Å²) >= 11 is 0. The number of hydrogen-bond donors (Lipinski definition) is 2. The summed E-state index contributed by atoms with van der Waals surface area (Å²) in [5, 5.41) is 13.5. The normalized spacial score (nSPS) is 32.1. The number of rotatable bonds is 6. The average molecular weight is 239 g/mol. The maximum Gasteiger partial charge on any atom is 0.0667 e. The number of hydrogen-bond acceptors (Lipinski definition) is 2. The first-order valence-electron chi connectivity index (χ1n) is 7.64. The van der Waals surface area contributed by atoms with Gasteiger partial charge in [-0.05, 0) is 37.1 Å². The first kappa shape index (κ1) is 13.4. The van der Waals surface area contributed by atoms with Crippen molar-refractivity contribution >= 4 is 0 Å². The minimum atomic E-state index is -0.116. The lowest BCUT2D eigenvalue weighted by Crippen LogP contribution is -2.32. The topological polar surface area (TPSA) is 32.3 Å². The van der Waals surface area contributed by atoms with Crippen molar-refractivity contribution in [2.45, 2.75) is 64.4 Å². The molecule has 2 aliphatic rings. The number of aliphatic hydroxyl groups is 1. The number of nitrogens with one attached hydrogen (secondary N) is 1. The van der Waals surface area contributed by atoms with Gasteiger partial charge in [-0.15, -0.1) is 0 Å². The van der Waals surface area contributed by atoms with Crippen LogP contribution in [0.2, 0.25) is 0 Å². The Labute approximate surface area is 106 Å². The fraction of sp³-hybridized carbons (Fsp3) is 1.00. The van der Waals surface area contributed by atoms with E-state index in [9.17, 15) is 5.11 Å². The lowest BCUT2D eigenvalue weighted by molar-refractivity contribution is 0.138. The van der Waals surface area contributed by atoms with E-state index < -0.39 is 0 Å². The van der Waals surface area contributed by atoms with Gasteiger partial charge in [0.05, 0.1) is 6.10 Å². The van der Waals surface area contributed by atoms with Crippen molar-refractivity contribution in [3.63, 3.8) is 0 Å². The number of aliphatic hydroxyl groups excluding tert-OH is 1. The Morgan fingerprint density at radius 1 is 1.12 bits per heavy atom. The Bertz CT molecular complexity index is 213. The van der Waals surface area contributed by atoms with Crippen molar-refractivity contribution in [2.75, 3.05) is 13.1 Å². The lowest BCUT2D eigenvalue weighted by Gasteiger charge is -2.19. The molecule has 0 aromatic carbocycles. The minimum absolute atomic E-state index is 0.116. The van der Waals surface area contributed by atoms with E-state index in [2.05, 4.69) is 12.2 Å². The smallest absolute Gasteiger partial charge is 0.0667 e. The molecule has 2 heteroatoms. The van der Waals surface area contributed by atoms with Crippen molar-refractivity contribution in [1.29, 1.82) is 0 Å². The van der Waals surface area contributed by atoms with Crippen LogP contribution >= 0.6 is 0 Å². The molecule has 100 valence electrons. The van der Waals surface area contributed by atoms with E-state index in [4.69, 9.17) is 0 Å². The molecule has 0 heterocycles. The zero-order valence-electron chi connectivity index (χ0n) is 11.3. The summed E-state index contributed by atoms with van der Waals surface area (Å²) < 4.78 is 0. The van der Waals surface area contributed by atoms with Gasteiger partial charge >= 0.3 is 0 Å². The van der Waals surface area contributed by atoms with Crippen LogP contribution in [0.15, 0.2) is 0 Å². The van der Waals surface area contributed by atoms with Crippen molar-refractivity contribution in [2.24, 2.45) is 17.8 Å². The largest absolute Gasteiger partial charge is 0.392 e. The molecule has 0 bridgehead atoms. The Morgan fingerprint density at radius 3 is 2.53 bits per heavy atom. The second-order valence-corrected chi connectivity index (χ2v) is 6.37. The highest BCUT2D eigenvalue weighted by Gasteiger charge is 2.23. The second kappa shape index (κ2) is 6.75. The van der Waals surface area contributed by atoms with E-state index in [-0.39, 0.29) is 6.10 Å². The van der Waals surface area contributed by atoms with Crippen LogP contribution in [0.4, 0.5) is 0 Å². The third-order valence-electron chi connectivity index (χ3n) is 4.91. The van der Waals surface area contributed by atoms with E-state index in [0.29, 0.717) is 0 Å². The molecule has 2 saturated carbocycles. The average Bonchev–Trinajstić information content (AvgIpc) is 2.91. The highest BCUT2D eigenvalue weighted by atomic mass is 16.3. The summed E-state index contributed by atoms with van der Waals surface area (Å²) in [7, 11) is 0. The second-order valence-electron chi connectivity index (χ2n) is 6.37. The molecule has 2 fully saturated rings. The van der Waals surface area contributed by atoms with Gasteiger partial charge in [-0.3, -0.25) is 0 Å². The van der Waals surface area contributed by atoms with Crippen LogP contribution in [0.3, 0.4) is 0 Å². The van der Waals surface area contributed by atoms with Crippen LogP contribution in [-0.4, -0.2) is 24.3 Å². The quantitative estimate of drug-likeness (QED) is 0.747. The van der Waals surface area contributed by atoms with Gasteiger partial charge in [0, 0.05) is 6.54 Å². The minimum Gasteiger partial charge on any atom is -0.392 e. The van der Waals surface area contributed by atoms with Crippen molar-refractivity contribution in [3.05, 3.63) is 0 Å². The molecule has 0 radical (unpaired) electrons. The SMILES string of the molecule is CC1CCCC1CNCC(O)CC1CCCC1. The molecular formula is C15H29NO. The highest BCUT2D eigenvalue weighted by molar-refractivity contribution is 4.77. The van der Waals surface area contributed by atoms with Crippen molar-refractivity contribution in [1.82, 2.24) is 5.32 Å². The Hall–Kier alpha value is -0.0800. The summed E-state index contributed by atoms with van der Waals surface area (Å²) in [6, 6.07) is 0. The van der Waals surface area contributed by atoms with Crippen molar-refractivity contribution in [3.8, 4) is 0 Å². The van der Waals surface area contributed by atoms with Gasteiger partial charge in [-0.1, -0.05) is 45.4 Å². The summed E-state index contributed by atoms with van der Waals surface area (Å²) in [6.45, 7) is 4.29. The Balaban J connectivity index is 1.54. The Kier molecular flexibility index (Phi) is 5.30. The van der Waals surface area contributed by atoms with Crippen LogP contribution in [-0.2, 0) is 0 Å². The molecule has 2 aliphatic carbocycles. The standard InChI is InChI=1S/C15H29NO/c1-12-5-4-8-14(12)10-16-11-15(17)9-13-6-2-3-7-13/h12-17H,2-11H2,1H3. The summed E-state index contributed by atoms with van der Waals surface area (Å²) in [6.07, 6.45) is 10.5. The maximum atomic E-state index is 9.99. The lowest BCUT2D eigenvalue weighted by atomic mass is 9.97. The summed E-state index contributed by atoms with van der Waals surface area (Å²) in [5.74, 6) is 2.54. The monoisotopic (exact) mass is 239 g/mol. The molecular weight excluding hydrogens is 210 g/mol. The van der Waals surface area contributed by atoms with E-state index in [1.54, 1.807) is 0 Å². The van der Waals surface area contributed by atoms with E-state index in [1.807, 2.05) is 0 Å². The van der Waals surface area contributed by atoms with Crippen LogP contribution < -0.4 is 5.32 Å². The van der Waals surface area contributed by atoms with Gasteiger partial charge in [0.25, 0.3) is 0 Å². The molecule has 2 N–H and O–H groups in total. The fourth-order valence-corrected chi connectivity index (χ4v) is 3.67. The van der Waals surface area contributed by atoms with Gasteiger partial charge < -0.3 is 10.4 Å². The predicted octanol–water partition coefficient (Wildman–Crippen LogP) is 2.95. The van der Waals surface area contributed by atoms with Gasteiger partial charge in [0.2, 0.25) is 0 Å². The molecule has 2 rings (SSSR count). The third kappa shape index (κ3) is 4.26. The van der Waals surface area contributed by atoms with E-state index >= 15 is 0 Å². The van der Waals surface area contributed by atoms with Crippen LogP contribution in [0.25, 0.3) is 0 Å². The molecule has 0 aromatic heterocycles. The fourth-order valence-electron chi connectivity index (χ4n) is 3.67. The van der Waals surface area contributed by atoms with Crippen LogP contribution in [0, 0.1) is 17.8 Å². The first-order chi connectivity index (χ1) is 8.25. The van der Waals surface area contributed by atoms with Gasteiger partial charge in [-0.2, -0.15) is 0 Å². The zero-order valence-corrected chi connectivity index (χ0v) is 11.3. The first-order valence-corrected chi connectivity index (χ1v) is 7.64. The maximum absolute atomic E-state index is 9.99. The van der Waals surface area contributed by atoms with Gasteiger partial charge in [0.15, 0.2) is 0 Å². The predicted molar refractivity (Wildman–Crippen MR) is 72.0 cm³/mol. The van der Waals surface area contributed by atoms with E-state index in [1.165, 1.54) is 44.9 Å². The molecule has 17 heavy (non-hydrogen) atoms. The summed E-state index contributed by atoms with van der Waals surface area (Å²) in [4.78, 5) is 0. The zero-order chi connectivity index (χ0) is 12.1. The Morgan fingerprint density at radius 2 is 1.88 bits per heavy atom. The summed E-state index contributed by atoms with van der Waals surface area (Å²) in [5.41, 5.74) is 0. The van der Waals surface area contributed by atoms with Gasteiger partial charge in [-0.25, -0.2) is 0 Å². The molecule has 0 aromatic rings. The molecule has 0 aliphatic heterocycles. The molecule has 2 nitrogen and oxygen atoms in total. The third-order valence-corrected chi connectivity index (χ3v) is 4.91. The van der Waals surface area contributed by atoms with Crippen LogP contribution in [0.5, 0.6) is 0 Å². The van der Waals surface area contributed by atoms with E-state index in [0.717, 1.165) is 37.3 Å². The molecule has 3 unspecified atom stereocenters. The molecule has 0 saturated heterocycles. The highest BCUT2D eigenvalue weighted by Crippen LogP contribution is 2.30. The van der Waals surface area contributed by atoms with Crippen molar-refractivity contribution < 1.29 is 5.11 Å². The van der Waals surface area contributed by atoms with Crippen LogP contribution in [0.1, 0.15) is 58.3 Å².